The van der Waals surface area contributed by atoms with E-state index >= 15 is 0 Å². The van der Waals surface area contributed by atoms with E-state index in [0.29, 0.717) is 0 Å². The summed E-state index contributed by atoms with van der Waals surface area (Å²) in [4.78, 5) is 16.5. The predicted octanol–water partition coefficient (Wildman–Crippen LogP) is 0.497. The number of aromatic amines is 2. The van der Waals surface area contributed by atoms with E-state index in [9.17, 15) is 9.90 Å². The van der Waals surface area contributed by atoms with E-state index in [1.54, 1.807) is 14.0 Å². The van der Waals surface area contributed by atoms with Gasteiger partial charge in [0.05, 0.1) is 23.2 Å². The van der Waals surface area contributed by atoms with Crippen molar-refractivity contribution in [2.75, 3.05) is 7.05 Å². The number of fused-ring (bicyclic) bond motifs is 1. The predicted molar refractivity (Wildman–Crippen MR) is 62.4 cm³/mol. The molecule has 16 heavy (non-hydrogen) atoms. The fourth-order valence-electron chi connectivity index (χ4n) is 1.93. The van der Waals surface area contributed by atoms with Gasteiger partial charge >= 0.3 is 5.69 Å². The maximum absolute atomic E-state index is 11.1. The van der Waals surface area contributed by atoms with Crippen LogP contribution >= 0.6 is 0 Å². The third-order valence-electron chi connectivity index (χ3n) is 2.69. The van der Waals surface area contributed by atoms with E-state index in [4.69, 9.17) is 0 Å². The van der Waals surface area contributed by atoms with Crippen LogP contribution in [-0.4, -0.2) is 28.2 Å². The molecule has 0 bridgehead atoms. The van der Waals surface area contributed by atoms with Gasteiger partial charge in [-0.15, -0.1) is 0 Å². The molecule has 1 heterocycles. The Kier molecular flexibility index (Phi) is 2.80. The number of imidazole rings is 1. The number of aromatic nitrogens is 2. The number of H-pyrrole nitrogens is 2. The number of rotatable bonds is 3. The molecule has 1 aromatic carbocycles. The number of likely N-dealkylation sites (N-methyl/N-ethyl adjacent to an activating group) is 1. The fourth-order valence-corrected chi connectivity index (χ4v) is 1.93. The highest BCUT2D eigenvalue weighted by atomic mass is 16.3. The third-order valence-corrected chi connectivity index (χ3v) is 2.69. The van der Waals surface area contributed by atoms with Crippen LogP contribution < -0.4 is 11.0 Å². The number of benzene rings is 1. The second-order valence-corrected chi connectivity index (χ2v) is 3.89. The highest BCUT2D eigenvalue weighted by molar-refractivity contribution is 5.75. The number of hydrogen-bond donors (Lipinski definition) is 4. The molecule has 5 heteroatoms. The summed E-state index contributed by atoms with van der Waals surface area (Å²) in [6.45, 7) is 1.73. The SMILES string of the molecule is CNC(c1ccc2[nH]c(=O)[nH]c2c1)C(C)O. The molecule has 0 aliphatic heterocycles. The molecule has 2 aromatic rings. The van der Waals surface area contributed by atoms with Gasteiger partial charge in [-0.3, -0.25) is 0 Å². The number of nitrogens with one attached hydrogen (secondary N) is 3. The van der Waals surface area contributed by atoms with E-state index in [0.717, 1.165) is 16.6 Å². The summed E-state index contributed by atoms with van der Waals surface area (Å²) in [5, 5.41) is 12.6. The van der Waals surface area contributed by atoms with Crippen molar-refractivity contribution in [1.82, 2.24) is 15.3 Å². The van der Waals surface area contributed by atoms with Crippen molar-refractivity contribution in [3.8, 4) is 0 Å². The van der Waals surface area contributed by atoms with Gasteiger partial charge in [-0.1, -0.05) is 6.07 Å². The Morgan fingerprint density at radius 2 is 2.00 bits per heavy atom. The van der Waals surface area contributed by atoms with Crippen LogP contribution in [0.3, 0.4) is 0 Å². The Labute approximate surface area is 92.5 Å². The summed E-state index contributed by atoms with van der Waals surface area (Å²) in [7, 11) is 1.79. The normalized spacial score (nSPS) is 15.2. The van der Waals surface area contributed by atoms with Gasteiger partial charge in [0.25, 0.3) is 0 Å². The van der Waals surface area contributed by atoms with Gasteiger partial charge in [-0.2, -0.15) is 0 Å². The van der Waals surface area contributed by atoms with Crippen molar-refractivity contribution in [3.63, 3.8) is 0 Å². The molecule has 0 saturated heterocycles. The molecular formula is C11H15N3O2. The molecule has 1 aromatic heterocycles. The maximum atomic E-state index is 11.1. The number of aliphatic hydroxyl groups is 1. The van der Waals surface area contributed by atoms with Crippen LogP contribution in [0.1, 0.15) is 18.5 Å². The second-order valence-electron chi connectivity index (χ2n) is 3.89. The summed E-state index contributed by atoms with van der Waals surface area (Å²) in [5.41, 5.74) is 2.25. The van der Waals surface area contributed by atoms with Gasteiger partial charge in [0.1, 0.15) is 0 Å². The molecule has 5 nitrogen and oxygen atoms in total. The quantitative estimate of drug-likeness (QED) is 0.609. The summed E-state index contributed by atoms with van der Waals surface area (Å²) < 4.78 is 0. The molecule has 0 fully saturated rings. The first kappa shape index (κ1) is 10.9. The van der Waals surface area contributed by atoms with Crippen LogP contribution in [0.5, 0.6) is 0 Å². The lowest BCUT2D eigenvalue weighted by Gasteiger charge is -2.19. The van der Waals surface area contributed by atoms with E-state index < -0.39 is 6.10 Å². The van der Waals surface area contributed by atoms with E-state index in [-0.39, 0.29) is 11.7 Å². The molecule has 0 amide bonds. The highest BCUT2D eigenvalue weighted by Gasteiger charge is 2.15. The molecule has 0 spiro atoms. The first-order valence-electron chi connectivity index (χ1n) is 5.19. The third kappa shape index (κ3) is 1.87. The highest BCUT2D eigenvalue weighted by Crippen LogP contribution is 2.19. The number of hydrogen-bond acceptors (Lipinski definition) is 3. The van der Waals surface area contributed by atoms with Gasteiger partial charge in [0, 0.05) is 0 Å². The Morgan fingerprint density at radius 1 is 1.31 bits per heavy atom. The first-order chi connectivity index (χ1) is 7.61. The molecule has 2 rings (SSSR count). The van der Waals surface area contributed by atoms with Crippen LogP contribution in [0.25, 0.3) is 11.0 Å². The lowest BCUT2D eigenvalue weighted by atomic mass is 10.0. The average molecular weight is 221 g/mol. The average Bonchev–Trinajstić information content (AvgIpc) is 2.57. The zero-order valence-electron chi connectivity index (χ0n) is 9.24. The van der Waals surface area contributed by atoms with Crippen molar-refractivity contribution in [1.29, 1.82) is 0 Å². The molecular weight excluding hydrogens is 206 g/mol. The molecule has 0 aliphatic carbocycles. The molecule has 0 radical (unpaired) electrons. The fraction of sp³-hybridized carbons (Fsp3) is 0.364. The summed E-state index contributed by atoms with van der Waals surface area (Å²) >= 11 is 0. The topological polar surface area (TPSA) is 80.9 Å². The first-order valence-corrected chi connectivity index (χ1v) is 5.19. The van der Waals surface area contributed by atoms with Crippen LogP contribution in [0.2, 0.25) is 0 Å². The molecule has 86 valence electrons. The summed E-state index contributed by atoms with van der Waals surface area (Å²) in [6.07, 6.45) is -0.492. The second kappa shape index (κ2) is 4.11. The van der Waals surface area contributed by atoms with Crippen LogP contribution in [0, 0.1) is 0 Å². The zero-order valence-corrected chi connectivity index (χ0v) is 9.24. The van der Waals surface area contributed by atoms with Crippen molar-refractivity contribution >= 4 is 11.0 Å². The van der Waals surface area contributed by atoms with E-state index in [1.807, 2.05) is 18.2 Å². The molecule has 4 N–H and O–H groups in total. The summed E-state index contributed by atoms with van der Waals surface area (Å²) in [6, 6.07) is 5.44. The van der Waals surface area contributed by atoms with Crippen LogP contribution in [0.4, 0.5) is 0 Å². The maximum Gasteiger partial charge on any atom is 0.323 e. The van der Waals surface area contributed by atoms with Gasteiger partial charge < -0.3 is 20.4 Å². The molecule has 0 aliphatic rings. The Morgan fingerprint density at radius 3 is 2.62 bits per heavy atom. The largest absolute Gasteiger partial charge is 0.391 e. The summed E-state index contributed by atoms with van der Waals surface area (Å²) in [5.74, 6) is 0. The lowest BCUT2D eigenvalue weighted by Crippen LogP contribution is -2.26. The molecule has 2 atom stereocenters. The smallest absolute Gasteiger partial charge is 0.323 e. The minimum atomic E-state index is -0.492. The van der Waals surface area contributed by atoms with Gasteiger partial charge in [-0.25, -0.2) is 4.79 Å². The molecule has 2 unspecified atom stereocenters. The van der Waals surface area contributed by atoms with Crippen molar-refractivity contribution in [2.24, 2.45) is 0 Å². The lowest BCUT2D eigenvalue weighted by molar-refractivity contribution is 0.150. The Hall–Kier alpha value is -1.59. The monoisotopic (exact) mass is 221 g/mol. The van der Waals surface area contributed by atoms with Gasteiger partial charge in [0.2, 0.25) is 0 Å². The Bertz CT molecular complexity index is 541. The zero-order chi connectivity index (χ0) is 11.7. The van der Waals surface area contributed by atoms with E-state index in [2.05, 4.69) is 15.3 Å². The van der Waals surface area contributed by atoms with Crippen molar-refractivity contribution in [3.05, 3.63) is 34.2 Å². The molecule has 0 saturated carbocycles. The van der Waals surface area contributed by atoms with E-state index in [1.165, 1.54) is 0 Å². The van der Waals surface area contributed by atoms with Crippen molar-refractivity contribution in [2.45, 2.75) is 19.1 Å². The van der Waals surface area contributed by atoms with Crippen LogP contribution in [0.15, 0.2) is 23.0 Å². The number of aliphatic hydroxyl groups excluding tert-OH is 1. The minimum absolute atomic E-state index is 0.136. The van der Waals surface area contributed by atoms with Crippen LogP contribution in [-0.2, 0) is 0 Å². The Balaban J connectivity index is 2.48. The minimum Gasteiger partial charge on any atom is -0.391 e. The standard InChI is InChI=1S/C11H15N3O2/c1-6(15)10(12-2)7-3-4-8-9(5-7)14-11(16)13-8/h3-6,10,12,15H,1-2H3,(H2,13,14,16). The van der Waals surface area contributed by atoms with Gasteiger partial charge in [-0.05, 0) is 31.7 Å². The van der Waals surface area contributed by atoms with Crippen molar-refractivity contribution < 1.29 is 5.11 Å². The van der Waals surface area contributed by atoms with Gasteiger partial charge in [0.15, 0.2) is 0 Å².